The molecule has 0 rings (SSSR count). The molecule has 0 aromatic carbocycles. The van der Waals surface area contributed by atoms with E-state index in [1.165, 1.54) is 0 Å². The Balaban J connectivity index is 3.63. The fraction of sp³-hybridized carbons (Fsp3) is 1.00. The molecule has 0 fully saturated rings. The Morgan fingerprint density at radius 1 is 1.60 bits per heavy atom. The highest BCUT2D eigenvalue weighted by atomic mass is 35.5. The lowest BCUT2D eigenvalue weighted by molar-refractivity contribution is 0.0484. The number of hydrogen-bond acceptors (Lipinski definition) is 1. The molecule has 0 aliphatic heterocycles. The van der Waals surface area contributed by atoms with E-state index in [1.54, 1.807) is 6.92 Å². The molecule has 0 aliphatic carbocycles. The maximum absolute atomic E-state index is 9.59. The van der Waals surface area contributed by atoms with Gasteiger partial charge in [0.15, 0.2) is 0 Å². The number of rotatable bonds is 4. The molecule has 0 radical (unpaired) electrons. The van der Waals surface area contributed by atoms with Gasteiger partial charge in [-0.25, -0.2) is 0 Å². The summed E-state index contributed by atoms with van der Waals surface area (Å²) in [6.07, 6.45) is 2.96. The molecule has 0 saturated heterocycles. The minimum atomic E-state index is -0.683. The van der Waals surface area contributed by atoms with Crippen LogP contribution in [0, 0.1) is 0 Å². The van der Waals surface area contributed by atoms with Crippen molar-refractivity contribution in [2.24, 2.45) is 0 Å². The van der Waals surface area contributed by atoms with Gasteiger partial charge in [-0.05, 0) is 20.3 Å². The van der Waals surface area contributed by atoms with Crippen molar-refractivity contribution in [2.75, 3.05) is 0 Å². The minimum Gasteiger partial charge on any atom is -0.389 e. The van der Waals surface area contributed by atoms with Gasteiger partial charge in [-0.15, -0.1) is 11.6 Å². The molecule has 0 saturated carbocycles. The fourth-order valence-electron chi connectivity index (χ4n) is 0.734. The van der Waals surface area contributed by atoms with E-state index in [0.29, 0.717) is 0 Å². The number of hydrogen-bond donors (Lipinski definition) is 1. The average molecular weight is 165 g/mol. The lowest BCUT2D eigenvalue weighted by Gasteiger charge is -2.25. The van der Waals surface area contributed by atoms with Gasteiger partial charge < -0.3 is 5.11 Å². The van der Waals surface area contributed by atoms with Gasteiger partial charge in [0, 0.05) is 0 Å². The number of aliphatic hydroxyl groups is 1. The molecule has 0 amide bonds. The van der Waals surface area contributed by atoms with Crippen molar-refractivity contribution in [3.63, 3.8) is 0 Å². The predicted molar refractivity (Wildman–Crippen MR) is 45.5 cm³/mol. The van der Waals surface area contributed by atoms with Gasteiger partial charge in [0.1, 0.15) is 0 Å². The SMILES string of the molecule is CCCCC(C)(O)C(C)Cl. The van der Waals surface area contributed by atoms with E-state index in [4.69, 9.17) is 11.6 Å². The van der Waals surface area contributed by atoms with Crippen molar-refractivity contribution in [1.29, 1.82) is 0 Å². The first kappa shape index (κ1) is 10.2. The van der Waals surface area contributed by atoms with Gasteiger partial charge in [0.25, 0.3) is 0 Å². The van der Waals surface area contributed by atoms with E-state index in [9.17, 15) is 5.11 Å². The van der Waals surface area contributed by atoms with E-state index in [0.717, 1.165) is 19.3 Å². The Bertz CT molecular complexity index is 89.3. The van der Waals surface area contributed by atoms with Crippen LogP contribution in [-0.4, -0.2) is 16.1 Å². The van der Waals surface area contributed by atoms with Crippen molar-refractivity contribution in [1.82, 2.24) is 0 Å². The van der Waals surface area contributed by atoms with Gasteiger partial charge >= 0.3 is 0 Å². The van der Waals surface area contributed by atoms with Crippen molar-refractivity contribution in [3.8, 4) is 0 Å². The number of unbranched alkanes of at least 4 members (excludes halogenated alkanes) is 1. The standard InChI is InChI=1S/C8H17ClO/c1-4-5-6-8(3,10)7(2)9/h7,10H,4-6H2,1-3H3. The molecule has 0 aromatic rings. The summed E-state index contributed by atoms with van der Waals surface area (Å²) in [5.74, 6) is 0. The molecule has 2 heteroatoms. The highest BCUT2D eigenvalue weighted by molar-refractivity contribution is 6.21. The molecular weight excluding hydrogens is 148 g/mol. The van der Waals surface area contributed by atoms with Crippen LogP contribution in [0.15, 0.2) is 0 Å². The number of halogens is 1. The molecule has 0 aromatic heterocycles. The van der Waals surface area contributed by atoms with Gasteiger partial charge in [-0.2, -0.15) is 0 Å². The summed E-state index contributed by atoms with van der Waals surface area (Å²) in [6, 6.07) is 0. The third kappa shape index (κ3) is 3.43. The normalized spacial score (nSPS) is 20.1. The summed E-state index contributed by atoms with van der Waals surface area (Å²) < 4.78 is 0. The zero-order valence-corrected chi connectivity index (χ0v) is 7.78. The van der Waals surface area contributed by atoms with Crippen molar-refractivity contribution in [3.05, 3.63) is 0 Å². The van der Waals surface area contributed by atoms with E-state index in [1.807, 2.05) is 6.92 Å². The maximum atomic E-state index is 9.59. The molecule has 1 N–H and O–H groups in total. The van der Waals surface area contributed by atoms with Crippen LogP contribution >= 0.6 is 11.6 Å². The Morgan fingerprint density at radius 3 is 2.40 bits per heavy atom. The van der Waals surface area contributed by atoms with Crippen LogP contribution in [0.5, 0.6) is 0 Å². The molecule has 2 unspecified atom stereocenters. The first-order valence-corrected chi connectivity index (χ1v) is 4.30. The van der Waals surface area contributed by atoms with Gasteiger partial charge in [0.2, 0.25) is 0 Å². The van der Waals surface area contributed by atoms with Gasteiger partial charge in [0.05, 0.1) is 11.0 Å². The van der Waals surface area contributed by atoms with E-state index in [-0.39, 0.29) is 5.38 Å². The molecule has 1 nitrogen and oxygen atoms in total. The van der Waals surface area contributed by atoms with E-state index in [2.05, 4.69) is 6.92 Å². The monoisotopic (exact) mass is 164 g/mol. The quantitative estimate of drug-likeness (QED) is 0.634. The third-order valence-corrected chi connectivity index (χ3v) is 2.36. The Hall–Kier alpha value is 0.250. The van der Waals surface area contributed by atoms with Crippen LogP contribution in [0.1, 0.15) is 40.0 Å². The molecular formula is C8H17ClO. The topological polar surface area (TPSA) is 20.2 Å². The molecule has 10 heavy (non-hydrogen) atoms. The largest absolute Gasteiger partial charge is 0.389 e. The molecule has 0 spiro atoms. The first-order chi connectivity index (χ1) is 4.50. The lowest BCUT2D eigenvalue weighted by atomic mass is 9.96. The highest BCUT2D eigenvalue weighted by Gasteiger charge is 2.25. The van der Waals surface area contributed by atoms with Crippen molar-refractivity contribution in [2.45, 2.75) is 51.0 Å². The second-order valence-electron chi connectivity index (χ2n) is 3.08. The molecule has 2 atom stereocenters. The van der Waals surface area contributed by atoms with Crippen molar-refractivity contribution >= 4 is 11.6 Å². The van der Waals surface area contributed by atoms with E-state index >= 15 is 0 Å². The zero-order valence-electron chi connectivity index (χ0n) is 7.02. The molecule has 0 aliphatic rings. The molecule has 0 heterocycles. The highest BCUT2D eigenvalue weighted by Crippen LogP contribution is 2.21. The van der Waals surface area contributed by atoms with E-state index < -0.39 is 5.60 Å². The van der Waals surface area contributed by atoms with Crippen LogP contribution in [0.25, 0.3) is 0 Å². The molecule has 62 valence electrons. The summed E-state index contributed by atoms with van der Waals surface area (Å²) in [5, 5.41) is 9.44. The van der Waals surface area contributed by atoms with Crippen LogP contribution < -0.4 is 0 Å². The third-order valence-electron chi connectivity index (χ3n) is 1.89. The first-order valence-electron chi connectivity index (χ1n) is 3.87. The maximum Gasteiger partial charge on any atom is 0.0779 e. The second kappa shape index (κ2) is 4.20. The van der Waals surface area contributed by atoms with Gasteiger partial charge in [-0.3, -0.25) is 0 Å². The van der Waals surface area contributed by atoms with Gasteiger partial charge in [-0.1, -0.05) is 19.8 Å². The minimum absolute atomic E-state index is 0.154. The Morgan fingerprint density at radius 2 is 2.10 bits per heavy atom. The summed E-state index contributed by atoms with van der Waals surface area (Å²) in [6.45, 7) is 5.73. The van der Waals surface area contributed by atoms with Crippen LogP contribution in [0.3, 0.4) is 0 Å². The summed E-state index contributed by atoms with van der Waals surface area (Å²) in [4.78, 5) is 0. The van der Waals surface area contributed by atoms with Crippen LogP contribution in [0.4, 0.5) is 0 Å². The smallest absolute Gasteiger partial charge is 0.0779 e. The zero-order chi connectivity index (χ0) is 8.20. The fourth-order valence-corrected chi connectivity index (χ4v) is 0.843. The lowest BCUT2D eigenvalue weighted by Crippen LogP contribution is -2.33. The molecule has 0 bridgehead atoms. The Labute approximate surface area is 68.4 Å². The van der Waals surface area contributed by atoms with Crippen LogP contribution in [0.2, 0.25) is 0 Å². The summed E-state index contributed by atoms with van der Waals surface area (Å²) >= 11 is 5.76. The van der Waals surface area contributed by atoms with Crippen LogP contribution in [-0.2, 0) is 0 Å². The summed E-state index contributed by atoms with van der Waals surface area (Å²) in [7, 11) is 0. The predicted octanol–water partition coefficient (Wildman–Crippen LogP) is 2.55. The average Bonchev–Trinajstić information content (AvgIpc) is 1.84. The van der Waals surface area contributed by atoms with Crippen molar-refractivity contribution < 1.29 is 5.11 Å². The number of alkyl halides is 1. The second-order valence-corrected chi connectivity index (χ2v) is 3.73. The summed E-state index contributed by atoms with van der Waals surface area (Å²) in [5.41, 5.74) is -0.683. The Kier molecular flexibility index (Phi) is 4.30.